The maximum absolute atomic E-state index is 9.25. The summed E-state index contributed by atoms with van der Waals surface area (Å²) in [6, 6.07) is 0. The molecule has 1 aromatic heterocycles. The lowest BCUT2D eigenvalue weighted by atomic mass is 9.83. The first-order valence-electron chi connectivity index (χ1n) is 5.18. The number of aryl methyl sites for hydroxylation is 2. The smallest absolute Gasteiger partial charge is 0.0521 e. The van der Waals surface area contributed by atoms with Crippen LogP contribution in [0.1, 0.15) is 32.3 Å². The first kappa shape index (κ1) is 11.2. The zero-order valence-corrected chi connectivity index (χ0v) is 9.32. The highest BCUT2D eigenvalue weighted by Crippen LogP contribution is 2.26. The molecule has 3 heteroatoms. The maximum Gasteiger partial charge on any atom is 0.0521 e. The summed E-state index contributed by atoms with van der Waals surface area (Å²) in [6.45, 7) is 4.52. The van der Waals surface area contributed by atoms with E-state index in [2.05, 4.69) is 18.9 Å². The van der Waals surface area contributed by atoms with Gasteiger partial charge in [-0.05, 0) is 30.2 Å². The molecule has 1 atom stereocenters. The van der Waals surface area contributed by atoms with Crippen molar-refractivity contribution in [1.82, 2.24) is 9.78 Å². The van der Waals surface area contributed by atoms with E-state index in [9.17, 15) is 5.11 Å². The molecule has 1 aromatic rings. The zero-order chi connectivity index (χ0) is 10.6. The minimum atomic E-state index is 0.0653. The number of rotatable bonds is 5. The Bertz CT molecular complexity index is 277. The van der Waals surface area contributed by atoms with Crippen LogP contribution in [-0.4, -0.2) is 21.5 Å². The van der Waals surface area contributed by atoms with Crippen molar-refractivity contribution in [3.05, 3.63) is 18.0 Å². The molecule has 0 amide bonds. The van der Waals surface area contributed by atoms with Gasteiger partial charge in [-0.2, -0.15) is 5.10 Å². The fourth-order valence-corrected chi connectivity index (χ4v) is 1.41. The van der Waals surface area contributed by atoms with Gasteiger partial charge in [-0.3, -0.25) is 4.68 Å². The van der Waals surface area contributed by atoms with Crippen LogP contribution in [0.25, 0.3) is 0 Å². The first-order valence-corrected chi connectivity index (χ1v) is 5.18. The third kappa shape index (κ3) is 2.84. The Morgan fingerprint density at radius 1 is 1.57 bits per heavy atom. The SMILES string of the molecule is CCC(C)(CO)CCc1cnn(C)c1. The van der Waals surface area contributed by atoms with Gasteiger partial charge in [0.15, 0.2) is 0 Å². The summed E-state index contributed by atoms with van der Waals surface area (Å²) in [5.41, 5.74) is 1.32. The van der Waals surface area contributed by atoms with Crippen molar-refractivity contribution in [2.75, 3.05) is 6.61 Å². The van der Waals surface area contributed by atoms with Crippen molar-refractivity contribution < 1.29 is 5.11 Å². The highest BCUT2D eigenvalue weighted by Gasteiger charge is 2.20. The molecule has 0 radical (unpaired) electrons. The molecule has 0 fully saturated rings. The quantitative estimate of drug-likeness (QED) is 0.779. The highest BCUT2D eigenvalue weighted by molar-refractivity contribution is 5.04. The number of nitrogens with zero attached hydrogens (tertiary/aromatic N) is 2. The predicted octanol–water partition coefficient (Wildman–Crippen LogP) is 1.76. The fraction of sp³-hybridized carbons (Fsp3) is 0.727. The Labute approximate surface area is 85.8 Å². The average molecular weight is 196 g/mol. The summed E-state index contributed by atoms with van der Waals surface area (Å²) in [5, 5.41) is 13.4. The molecule has 0 spiro atoms. The number of hydrogen-bond donors (Lipinski definition) is 1. The molecule has 3 nitrogen and oxygen atoms in total. The van der Waals surface area contributed by atoms with E-state index < -0.39 is 0 Å². The largest absolute Gasteiger partial charge is 0.396 e. The van der Waals surface area contributed by atoms with E-state index >= 15 is 0 Å². The molecular formula is C11H20N2O. The fourth-order valence-electron chi connectivity index (χ4n) is 1.41. The second kappa shape index (κ2) is 4.60. The van der Waals surface area contributed by atoms with Crippen LogP contribution in [-0.2, 0) is 13.5 Å². The zero-order valence-electron chi connectivity index (χ0n) is 9.32. The third-order valence-electron chi connectivity index (χ3n) is 3.01. The van der Waals surface area contributed by atoms with Crippen molar-refractivity contribution in [2.45, 2.75) is 33.1 Å². The molecule has 1 rings (SSSR count). The topological polar surface area (TPSA) is 38.1 Å². The standard InChI is InChI=1S/C11H20N2O/c1-4-11(2,9-14)6-5-10-7-12-13(3)8-10/h7-8,14H,4-6,9H2,1-3H3. The Morgan fingerprint density at radius 2 is 2.29 bits per heavy atom. The lowest BCUT2D eigenvalue weighted by molar-refractivity contribution is 0.128. The number of hydrogen-bond acceptors (Lipinski definition) is 2. The summed E-state index contributed by atoms with van der Waals surface area (Å²) >= 11 is 0. The molecule has 80 valence electrons. The van der Waals surface area contributed by atoms with Gasteiger partial charge in [-0.25, -0.2) is 0 Å². The summed E-state index contributed by atoms with van der Waals surface area (Å²) in [5.74, 6) is 0. The molecule has 0 aliphatic carbocycles. The van der Waals surface area contributed by atoms with Crippen LogP contribution in [0.2, 0.25) is 0 Å². The summed E-state index contributed by atoms with van der Waals surface area (Å²) < 4.78 is 1.82. The predicted molar refractivity (Wildman–Crippen MR) is 57.0 cm³/mol. The van der Waals surface area contributed by atoms with Crippen molar-refractivity contribution >= 4 is 0 Å². The maximum atomic E-state index is 9.25. The van der Waals surface area contributed by atoms with Gasteiger partial charge in [0.05, 0.1) is 6.20 Å². The molecule has 0 aromatic carbocycles. The third-order valence-corrected chi connectivity index (χ3v) is 3.01. The lowest BCUT2D eigenvalue weighted by Crippen LogP contribution is -2.20. The normalized spacial score (nSPS) is 15.4. The molecule has 1 heterocycles. The number of aliphatic hydroxyl groups excluding tert-OH is 1. The summed E-state index contributed by atoms with van der Waals surface area (Å²) in [6.07, 6.45) is 6.97. The van der Waals surface area contributed by atoms with Crippen LogP contribution in [0.4, 0.5) is 0 Å². The molecule has 0 saturated carbocycles. The highest BCUT2D eigenvalue weighted by atomic mass is 16.3. The van der Waals surface area contributed by atoms with Gasteiger partial charge in [0, 0.05) is 19.9 Å². The van der Waals surface area contributed by atoms with E-state index in [-0.39, 0.29) is 12.0 Å². The van der Waals surface area contributed by atoms with Crippen molar-refractivity contribution in [3.8, 4) is 0 Å². The van der Waals surface area contributed by atoms with E-state index in [1.807, 2.05) is 24.1 Å². The van der Waals surface area contributed by atoms with Crippen molar-refractivity contribution in [3.63, 3.8) is 0 Å². The van der Waals surface area contributed by atoms with Crippen LogP contribution >= 0.6 is 0 Å². The summed E-state index contributed by atoms with van der Waals surface area (Å²) in [4.78, 5) is 0. The molecule has 14 heavy (non-hydrogen) atoms. The molecule has 0 bridgehead atoms. The van der Waals surface area contributed by atoms with Gasteiger partial charge in [0.2, 0.25) is 0 Å². The van der Waals surface area contributed by atoms with Crippen molar-refractivity contribution in [2.24, 2.45) is 12.5 Å². The van der Waals surface area contributed by atoms with Crippen LogP contribution in [0.5, 0.6) is 0 Å². The Morgan fingerprint density at radius 3 is 2.71 bits per heavy atom. The number of aliphatic hydroxyl groups is 1. The van der Waals surface area contributed by atoms with Crippen LogP contribution < -0.4 is 0 Å². The second-order valence-electron chi connectivity index (χ2n) is 4.34. The van der Waals surface area contributed by atoms with Gasteiger partial charge in [0.1, 0.15) is 0 Å². The lowest BCUT2D eigenvalue weighted by Gasteiger charge is -2.24. The second-order valence-corrected chi connectivity index (χ2v) is 4.34. The Kier molecular flexibility index (Phi) is 3.69. The van der Waals surface area contributed by atoms with E-state index in [0.29, 0.717) is 0 Å². The first-order chi connectivity index (χ1) is 6.59. The Balaban J connectivity index is 2.47. The minimum Gasteiger partial charge on any atom is -0.396 e. The monoisotopic (exact) mass is 196 g/mol. The van der Waals surface area contributed by atoms with Gasteiger partial charge in [0.25, 0.3) is 0 Å². The molecule has 0 aliphatic rings. The van der Waals surface area contributed by atoms with Crippen molar-refractivity contribution in [1.29, 1.82) is 0 Å². The van der Waals surface area contributed by atoms with Gasteiger partial charge >= 0.3 is 0 Å². The Hall–Kier alpha value is -0.830. The van der Waals surface area contributed by atoms with E-state index in [4.69, 9.17) is 0 Å². The van der Waals surface area contributed by atoms with Gasteiger partial charge in [-0.15, -0.1) is 0 Å². The van der Waals surface area contributed by atoms with E-state index in [0.717, 1.165) is 19.3 Å². The molecular weight excluding hydrogens is 176 g/mol. The van der Waals surface area contributed by atoms with Gasteiger partial charge < -0.3 is 5.11 Å². The van der Waals surface area contributed by atoms with Crippen LogP contribution in [0, 0.1) is 5.41 Å². The number of aromatic nitrogens is 2. The van der Waals surface area contributed by atoms with Crippen LogP contribution in [0.3, 0.4) is 0 Å². The van der Waals surface area contributed by atoms with Gasteiger partial charge in [-0.1, -0.05) is 13.8 Å². The minimum absolute atomic E-state index is 0.0653. The molecule has 1 N–H and O–H groups in total. The molecule has 0 saturated heterocycles. The molecule has 0 aliphatic heterocycles. The average Bonchev–Trinajstić information content (AvgIpc) is 2.61. The van der Waals surface area contributed by atoms with E-state index in [1.165, 1.54) is 5.56 Å². The van der Waals surface area contributed by atoms with E-state index in [1.54, 1.807) is 0 Å². The van der Waals surface area contributed by atoms with Crippen LogP contribution in [0.15, 0.2) is 12.4 Å². The molecule has 1 unspecified atom stereocenters. The summed E-state index contributed by atoms with van der Waals surface area (Å²) in [7, 11) is 1.93.